The van der Waals surface area contributed by atoms with Gasteiger partial charge in [-0.1, -0.05) is 31.2 Å². The quantitative estimate of drug-likeness (QED) is 0.566. The van der Waals surface area contributed by atoms with Gasteiger partial charge in [0.15, 0.2) is 5.96 Å². The van der Waals surface area contributed by atoms with Gasteiger partial charge in [0, 0.05) is 30.0 Å². The second-order valence-corrected chi connectivity index (χ2v) is 6.66. The molecule has 0 bridgehead atoms. The van der Waals surface area contributed by atoms with Crippen LogP contribution in [-0.4, -0.2) is 19.6 Å². The van der Waals surface area contributed by atoms with Gasteiger partial charge in [0.25, 0.3) is 0 Å². The summed E-state index contributed by atoms with van der Waals surface area (Å²) >= 11 is 1.85. The Morgan fingerprint density at radius 1 is 1.00 bits per heavy atom. The van der Waals surface area contributed by atoms with Crippen LogP contribution in [-0.2, 0) is 30.9 Å². The smallest absolute Gasteiger partial charge is 0.191 e. The first kappa shape index (κ1) is 18.5. The van der Waals surface area contributed by atoms with E-state index in [9.17, 15) is 0 Å². The Balaban J connectivity index is 1.87. The lowest BCUT2D eigenvalue weighted by molar-refractivity contribution is 0.133. The summed E-state index contributed by atoms with van der Waals surface area (Å²) in [5.74, 6) is 0.813. The van der Waals surface area contributed by atoms with Gasteiger partial charge in [0.05, 0.1) is 13.2 Å². The lowest BCUT2D eigenvalue weighted by Gasteiger charge is -2.14. The molecule has 5 heteroatoms. The van der Waals surface area contributed by atoms with Crippen molar-refractivity contribution in [3.8, 4) is 0 Å². The molecule has 0 aliphatic rings. The molecule has 130 valence electrons. The van der Waals surface area contributed by atoms with E-state index in [1.165, 1.54) is 20.9 Å². The van der Waals surface area contributed by atoms with Crippen LogP contribution in [0.15, 0.2) is 41.4 Å². The number of nitrogens with zero attached hydrogens (tertiary/aromatic N) is 1. The van der Waals surface area contributed by atoms with E-state index in [0.29, 0.717) is 6.61 Å². The highest BCUT2D eigenvalue weighted by molar-refractivity contribution is 7.11. The van der Waals surface area contributed by atoms with Gasteiger partial charge in [-0.05, 0) is 36.6 Å². The highest BCUT2D eigenvalue weighted by Gasteiger charge is 2.04. The molecule has 0 fully saturated rings. The molecule has 0 amide bonds. The molecular weight excluding hydrogens is 318 g/mol. The Morgan fingerprint density at radius 2 is 1.71 bits per heavy atom. The van der Waals surface area contributed by atoms with Crippen molar-refractivity contribution < 1.29 is 4.74 Å². The van der Waals surface area contributed by atoms with Crippen LogP contribution >= 0.6 is 11.3 Å². The minimum atomic E-state index is 0.648. The van der Waals surface area contributed by atoms with Crippen molar-refractivity contribution in [2.45, 2.75) is 40.0 Å². The molecule has 24 heavy (non-hydrogen) atoms. The number of aryl methyl sites for hydroxylation is 1. The number of rotatable bonds is 8. The summed E-state index contributed by atoms with van der Waals surface area (Å²) in [6, 6.07) is 12.7. The molecule has 4 nitrogen and oxygen atoms in total. The van der Waals surface area contributed by atoms with Crippen molar-refractivity contribution in [2.75, 3.05) is 13.7 Å². The molecule has 0 spiro atoms. The highest BCUT2D eigenvalue weighted by Crippen LogP contribution is 2.16. The summed E-state index contributed by atoms with van der Waals surface area (Å²) in [7, 11) is 1.80. The van der Waals surface area contributed by atoms with Crippen molar-refractivity contribution in [2.24, 2.45) is 4.99 Å². The van der Waals surface area contributed by atoms with Crippen LogP contribution in [0, 0.1) is 0 Å². The van der Waals surface area contributed by atoms with Crippen molar-refractivity contribution in [3.63, 3.8) is 0 Å². The standard InChI is InChI=1S/C19H27N3OS/c1-4-17-10-11-18(24-17)13-22-19(20-3)21-12-15-8-6-7-9-16(15)14-23-5-2/h6-11H,4-5,12-14H2,1-3H3,(H2,20,21,22). The summed E-state index contributed by atoms with van der Waals surface area (Å²) in [6.45, 7) is 7.10. The van der Waals surface area contributed by atoms with E-state index in [1.807, 2.05) is 24.3 Å². The zero-order valence-corrected chi connectivity index (χ0v) is 15.6. The van der Waals surface area contributed by atoms with E-state index in [0.717, 1.165) is 32.1 Å². The first-order chi connectivity index (χ1) is 11.8. The fourth-order valence-corrected chi connectivity index (χ4v) is 3.26. The van der Waals surface area contributed by atoms with Gasteiger partial charge in [-0.15, -0.1) is 11.3 Å². The van der Waals surface area contributed by atoms with E-state index < -0.39 is 0 Å². The first-order valence-corrected chi connectivity index (χ1v) is 9.25. The number of ether oxygens (including phenoxy) is 1. The minimum Gasteiger partial charge on any atom is -0.377 e. The zero-order chi connectivity index (χ0) is 17.2. The van der Waals surface area contributed by atoms with Crippen LogP contribution in [0.5, 0.6) is 0 Å². The fraction of sp³-hybridized carbons (Fsp3) is 0.421. The molecule has 0 atom stereocenters. The molecule has 0 aliphatic carbocycles. The molecule has 2 rings (SSSR count). The van der Waals surface area contributed by atoms with Crippen LogP contribution in [0.1, 0.15) is 34.7 Å². The van der Waals surface area contributed by atoms with E-state index in [4.69, 9.17) is 4.74 Å². The van der Waals surface area contributed by atoms with Crippen molar-refractivity contribution in [1.29, 1.82) is 0 Å². The molecule has 1 aromatic carbocycles. The maximum atomic E-state index is 5.54. The number of guanidine groups is 1. The van der Waals surface area contributed by atoms with Crippen LogP contribution in [0.4, 0.5) is 0 Å². The van der Waals surface area contributed by atoms with Gasteiger partial charge < -0.3 is 15.4 Å². The SMILES string of the molecule is CCOCc1ccccc1CNC(=NC)NCc1ccc(CC)s1. The monoisotopic (exact) mass is 345 g/mol. The molecule has 2 N–H and O–H groups in total. The molecule has 1 aromatic heterocycles. The Kier molecular flexibility index (Phi) is 7.79. The third kappa shape index (κ3) is 5.65. The maximum absolute atomic E-state index is 5.54. The van der Waals surface area contributed by atoms with Crippen LogP contribution < -0.4 is 10.6 Å². The summed E-state index contributed by atoms with van der Waals surface area (Å²) in [6.07, 6.45) is 1.09. The van der Waals surface area contributed by atoms with Gasteiger partial charge >= 0.3 is 0 Å². The molecule has 2 aromatic rings. The molecule has 1 heterocycles. The molecule has 0 radical (unpaired) electrons. The van der Waals surface area contributed by atoms with E-state index in [2.05, 4.69) is 52.9 Å². The summed E-state index contributed by atoms with van der Waals surface area (Å²) in [5, 5.41) is 6.76. The second kappa shape index (κ2) is 10.1. The Labute approximate surface area is 149 Å². The summed E-state index contributed by atoms with van der Waals surface area (Å²) < 4.78 is 5.54. The van der Waals surface area contributed by atoms with Gasteiger partial charge in [-0.3, -0.25) is 4.99 Å². The first-order valence-electron chi connectivity index (χ1n) is 8.43. The summed E-state index contributed by atoms with van der Waals surface area (Å²) in [4.78, 5) is 7.05. The third-order valence-corrected chi connectivity index (χ3v) is 4.98. The topological polar surface area (TPSA) is 45.6 Å². The summed E-state index contributed by atoms with van der Waals surface area (Å²) in [5.41, 5.74) is 2.45. The van der Waals surface area contributed by atoms with Crippen LogP contribution in [0.3, 0.4) is 0 Å². The van der Waals surface area contributed by atoms with Crippen LogP contribution in [0.2, 0.25) is 0 Å². The van der Waals surface area contributed by atoms with Crippen molar-refractivity contribution in [1.82, 2.24) is 10.6 Å². The van der Waals surface area contributed by atoms with Gasteiger partial charge in [-0.2, -0.15) is 0 Å². The number of benzene rings is 1. The lowest BCUT2D eigenvalue weighted by atomic mass is 10.1. The van der Waals surface area contributed by atoms with E-state index in [-0.39, 0.29) is 0 Å². The molecule has 0 unspecified atom stereocenters. The maximum Gasteiger partial charge on any atom is 0.191 e. The number of hydrogen-bond acceptors (Lipinski definition) is 3. The van der Waals surface area contributed by atoms with Gasteiger partial charge in [0.1, 0.15) is 0 Å². The molecule has 0 aliphatic heterocycles. The Hall–Kier alpha value is -1.85. The lowest BCUT2D eigenvalue weighted by Crippen LogP contribution is -2.36. The number of aliphatic imine (C=N–C) groups is 1. The highest BCUT2D eigenvalue weighted by atomic mass is 32.1. The van der Waals surface area contributed by atoms with Crippen molar-refractivity contribution >= 4 is 17.3 Å². The van der Waals surface area contributed by atoms with Gasteiger partial charge in [0.2, 0.25) is 0 Å². The fourth-order valence-electron chi connectivity index (χ4n) is 2.36. The Morgan fingerprint density at radius 3 is 2.38 bits per heavy atom. The van der Waals surface area contributed by atoms with Crippen LogP contribution in [0.25, 0.3) is 0 Å². The third-order valence-electron chi connectivity index (χ3n) is 3.75. The normalized spacial score (nSPS) is 11.5. The average Bonchev–Trinajstić information content (AvgIpc) is 3.09. The van der Waals surface area contributed by atoms with E-state index in [1.54, 1.807) is 7.05 Å². The van der Waals surface area contributed by atoms with Gasteiger partial charge in [-0.25, -0.2) is 0 Å². The average molecular weight is 346 g/mol. The predicted molar refractivity (Wildman–Crippen MR) is 103 cm³/mol. The number of thiophene rings is 1. The molecular formula is C19H27N3OS. The number of nitrogens with one attached hydrogen (secondary N) is 2. The zero-order valence-electron chi connectivity index (χ0n) is 14.8. The number of hydrogen-bond donors (Lipinski definition) is 2. The largest absolute Gasteiger partial charge is 0.377 e. The molecule has 0 saturated heterocycles. The van der Waals surface area contributed by atoms with Crippen molar-refractivity contribution in [3.05, 3.63) is 57.3 Å². The Bertz CT molecular complexity index is 652. The predicted octanol–water partition coefficient (Wildman–Crippen LogP) is 3.71. The minimum absolute atomic E-state index is 0.648. The van der Waals surface area contributed by atoms with E-state index >= 15 is 0 Å². The molecule has 0 saturated carbocycles. The second-order valence-electron chi connectivity index (χ2n) is 5.41.